The maximum atomic E-state index is 13.0. The zero-order valence-electron chi connectivity index (χ0n) is 17.4. The van der Waals surface area contributed by atoms with Crippen LogP contribution < -0.4 is 14.8 Å². The summed E-state index contributed by atoms with van der Waals surface area (Å²) in [6.45, 7) is 3.84. The number of ether oxygens (including phenoxy) is 1. The number of benzene rings is 3. The fourth-order valence-electron chi connectivity index (χ4n) is 3.14. The van der Waals surface area contributed by atoms with Crippen LogP contribution in [0.3, 0.4) is 0 Å². The number of sulfonamides is 1. The smallest absolute Gasteiger partial charge is 0.263 e. The number of nitrogens with zero attached hydrogens (tertiary/aromatic N) is 2. The van der Waals surface area contributed by atoms with E-state index in [-0.39, 0.29) is 10.7 Å². The largest absolute Gasteiger partial charge is 0.497 e. The zero-order valence-corrected chi connectivity index (χ0v) is 18.2. The lowest BCUT2D eigenvalue weighted by Crippen LogP contribution is -2.16. The number of methoxy groups -OCH3 is 1. The van der Waals surface area contributed by atoms with Gasteiger partial charge in [0.2, 0.25) is 0 Å². The monoisotopic (exact) mass is 434 g/mol. The molecule has 158 valence electrons. The van der Waals surface area contributed by atoms with Crippen LogP contribution in [0.1, 0.15) is 11.1 Å². The third-order valence-electron chi connectivity index (χ3n) is 4.68. The molecular formula is C23H22N4O3S. The van der Waals surface area contributed by atoms with Gasteiger partial charge in [-0.15, -0.1) is 0 Å². The number of aromatic nitrogens is 2. The van der Waals surface area contributed by atoms with Crippen LogP contribution in [0, 0.1) is 13.8 Å². The first-order valence-electron chi connectivity index (χ1n) is 9.63. The van der Waals surface area contributed by atoms with Gasteiger partial charge in [-0.05, 0) is 55.8 Å². The summed E-state index contributed by atoms with van der Waals surface area (Å²) in [5.41, 5.74) is 3.88. The number of hydrogen-bond acceptors (Lipinski definition) is 6. The highest BCUT2D eigenvalue weighted by Gasteiger charge is 2.19. The summed E-state index contributed by atoms with van der Waals surface area (Å²) in [6, 6.07) is 19.5. The number of hydrogen-bond donors (Lipinski definition) is 2. The molecule has 0 radical (unpaired) electrons. The molecule has 0 aliphatic carbocycles. The highest BCUT2D eigenvalue weighted by Crippen LogP contribution is 2.29. The van der Waals surface area contributed by atoms with Crippen LogP contribution in [0.2, 0.25) is 0 Å². The number of fused-ring (bicyclic) bond motifs is 1. The Morgan fingerprint density at radius 1 is 0.806 bits per heavy atom. The van der Waals surface area contributed by atoms with Crippen molar-refractivity contribution in [1.29, 1.82) is 0 Å². The minimum absolute atomic E-state index is 0.111. The van der Waals surface area contributed by atoms with Crippen LogP contribution >= 0.6 is 0 Å². The summed E-state index contributed by atoms with van der Waals surface area (Å²) in [6.07, 6.45) is 0. The van der Waals surface area contributed by atoms with E-state index in [2.05, 4.69) is 20.0 Å². The molecule has 0 saturated heterocycles. The Balaban J connectivity index is 1.78. The number of para-hydroxylation sites is 2. The molecule has 0 amide bonds. The van der Waals surface area contributed by atoms with Crippen LogP contribution in [-0.2, 0) is 10.0 Å². The molecule has 8 heteroatoms. The second-order valence-electron chi connectivity index (χ2n) is 7.19. The van der Waals surface area contributed by atoms with E-state index in [0.717, 1.165) is 11.1 Å². The van der Waals surface area contributed by atoms with Crippen molar-refractivity contribution in [3.05, 3.63) is 77.9 Å². The highest BCUT2D eigenvalue weighted by atomic mass is 32.2. The van der Waals surface area contributed by atoms with Gasteiger partial charge in [0.25, 0.3) is 10.0 Å². The molecule has 4 rings (SSSR count). The normalized spacial score (nSPS) is 11.3. The molecule has 0 atom stereocenters. The average Bonchev–Trinajstić information content (AvgIpc) is 2.74. The molecule has 3 aromatic carbocycles. The Bertz CT molecular complexity index is 1350. The van der Waals surface area contributed by atoms with E-state index in [1.807, 2.05) is 50.2 Å². The van der Waals surface area contributed by atoms with Crippen molar-refractivity contribution in [2.24, 2.45) is 0 Å². The van der Waals surface area contributed by atoms with E-state index >= 15 is 0 Å². The van der Waals surface area contributed by atoms with Gasteiger partial charge in [0.1, 0.15) is 5.75 Å². The fraction of sp³-hybridized carbons (Fsp3) is 0.130. The Morgan fingerprint density at radius 3 is 2.10 bits per heavy atom. The minimum Gasteiger partial charge on any atom is -0.497 e. The molecule has 7 nitrogen and oxygen atoms in total. The van der Waals surface area contributed by atoms with E-state index in [0.29, 0.717) is 28.3 Å². The van der Waals surface area contributed by atoms with Gasteiger partial charge in [-0.3, -0.25) is 4.72 Å². The number of anilines is 3. The molecule has 4 aromatic rings. The maximum absolute atomic E-state index is 13.0. The first-order chi connectivity index (χ1) is 14.8. The predicted molar refractivity (Wildman–Crippen MR) is 123 cm³/mol. The Morgan fingerprint density at radius 2 is 1.45 bits per heavy atom. The first kappa shape index (κ1) is 20.6. The lowest BCUT2D eigenvalue weighted by atomic mass is 10.2. The molecule has 0 unspecified atom stereocenters. The van der Waals surface area contributed by atoms with E-state index in [9.17, 15) is 8.42 Å². The standard InChI is InChI=1S/C23H22N4O3S/c1-15-8-10-19(11-9-15)31(28,29)27-23-22(25-20-6-4-5-7-21(20)26-23)24-17-12-16(2)13-18(14-17)30-3/h4-14H,1-3H3,(H,24,25)(H,26,27). The van der Waals surface area contributed by atoms with Crippen molar-refractivity contribution in [2.45, 2.75) is 18.7 Å². The summed E-state index contributed by atoms with van der Waals surface area (Å²) < 4.78 is 33.9. The number of nitrogens with one attached hydrogen (secondary N) is 2. The summed E-state index contributed by atoms with van der Waals surface area (Å²) in [7, 11) is -2.26. The molecule has 1 aromatic heterocycles. The summed E-state index contributed by atoms with van der Waals surface area (Å²) >= 11 is 0. The average molecular weight is 435 g/mol. The van der Waals surface area contributed by atoms with E-state index < -0.39 is 10.0 Å². The van der Waals surface area contributed by atoms with E-state index in [1.165, 1.54) is 0 Å². The zero-order chi connectivity index (χ0) is 22.0. The highest BCUT2D eigenvalue weighted by molar-refractivity contribution is 7.92. The molecule has 2 N–H and O–H groups in total. The number of aryl methyl sites for hydroxylation is 2. The van der Waals surface area contributed by atoms with Crippen molar-refractivity contribution in [2.75, 3.05) is 17.1 Å². The second kappa shape index (κ2) is 8.23. The quantitative estimate of drug-likeness (QED) is 0.453. The second-order valence-corrected chi connectivity index (χ2v) is 8.87. The SMILES string of the molecule is COc1cc(C)cc(Nc2nc3ccccc3nc2NS(=O)(=O)c2ccc(C)cc2)c1. The summed E-state index contributed by atoms with van der Waals surface area (Å²) in [5, 5.41) is 3.18. The molecular weight excluding hydrogens is 412 g/mol. The van der Waals surface area contributed by atoms with Gasteiger partial charge in [0.15, 0.2) is 11.6 Å². The van der Waals surface area contributed by atoms with Crippen molar-refractivity contribution in [3.63, 3.8) is 0 Å². The third-order valence-corrected chi connectivity index (χ3v) is 6.04. The van der Waals surface area contributed by atoms with Gasteiger partial charge >= 0.3 is 0 Å². The minimum atomic E-state index is -3.85. The van der Waals surface area contributed by atoms with Gasteiger partial charge < -0.3 is 10.1 Å². The molecule has 1 heterocycles. The van der Waals surface area contributed by atoms with Crippen molar-refractivity contribution in [3.8, 4) is 5.75 Å². The first-order valence-corrected chi connectivity index (χ1v) is 11.1. The summed E-state index contributed by atoms with van der Waals surface area (Å²) in [5.74, 6) is 1.08. The molecule has 0 spiro atoms. The van der Waals surface area contributed by atoms with Crippen LogP contribution in [0.4, 0.5) is 17.3 Å². The maximum Gasteiger partial charge on any atom is 0.263 e. The van der Waals surface area contributed by atoms with Gasteiger partial charge in [-0.1, -0.05) is 29.8 Å². The topological polar surface area (TPSA) is 93.2 Å². The lowest BCUT2D eigenvalue weighted by Gasteiger charge is -2.15. The molecule has 0 fully saturated rings. The van der Waals surface area contributed by atoms with Crippen molar-refractivity contribution in [1.82, 2.24) is 9.97 Å². The van der Waals surface area contributed by atoms with Crippen molar-refractivity contribution >= 4 is 38.4 Å². The van der Waals surface area contributed by atoms with E-state index in [1.54, 1.807) is 37.4 Å². The van der Waals surface area contributed by atoms with Crippen LogP contribution in [0.25, 0.3) is 11.0 Å². The van der Waals surface area contributed by atoms with Gasteiger partial charge in [0.05, 0.1) is 23.0 Å². The van der Waals surface area contributed by atoms with Gasteiger partial charge in [-0.25, -0.2) is 18.4 Å². The van der Waals surface area contributed by atoms with Crippen molar-refractivity contribution < 1.29 is 13.2 Å². The molecule has 31 heavy (non-hydrogen) atoms. The van der Waals surface area contributed by atoms with Gasteiger partial charge in [-0.2, -0.15) is 0 Å². The number of rotatable bonds is 6. The molecule has 0 aliphatic heterocycles. The predicted octanol–water partition coefficient (Wildman–Crippen LogP) is 4.80. The molecule has 0 bridgehead atoms. The van der Waals surface area contributed by atoms with Crippen LogP contribution in [-0.4, -0.2) is 25.5 Å². The Hall–Kier alpha value is -3.65. The van der Waals surface area contributed by atoms with Gasteiger partial charge in [0, 0.05) is 11.8 Å². The molecule has 0 aliphatic rings. The van der Waals surface area contributed by atoms with Crippen LogP contribution in [0.15, 0.2) is 71.6 Å². The molecule has 0 saturated carbocycles. The lowest BCUT2D eigenvalue weighted by molar-refractivity contribution is 0.414. The van der Waals surface area contributed by atoms with E-state index in [4.69, 9.17) is 4.74 Å². The third kappa shape index (κ3) is 4.59. The Labute approximate surface area is 181 Å². The fourth-order valence-corrected chi connectivity index (χ4v) is 4.15. The van der Waals surface area contributed by atoms with Crippen LogP contribution in [0.5, 0.6) is 5.75 Å². The summed E-state index contributed by atoms with van der Waals surface area (Å²) in [4.78, 5) is 9.27. The Kier molecular flexibility index (Phi) is 5.48.